The predicted molar refractivity (Wildman–Crippen MR) is 117 cm³/mol. The maximum Gasteiger partial charge on any atom is 0.411 e. The Labute approximate surface area is 180 Å². The molecular weight excluding hydrogens is 396 g/mol. The summed E-state index contributed by atoms with van der Waals surface area (Å²) in [6, 6.07) is 22.2. The Bertz CT molecular complexity index is 1080. The second-order valence-corrected chi connectivity index (χ2v) is 6.81. The van der Waals surface area contributed by atoms with Crippen molar-refractivity contribution in [2.24, 2.45) is 0 Å². The van der Waals surface area contributed by atoms with Gasteiger partial charge in [-0.1, -0.05) is 67.6 Å². The molecular formula is C24H24N2O5. The molecule has 0 atom stereocenters. The SMILES string of the molecule is CCC(=O)On1c(Cc2ccccc2)ccc(NC(=O)OCCc2ccccc2)c1=O. The van der Waals surface area contributed by atoms with Crippen LogP contribution in [0, 0.1) is 0 Å². The number of ether oxygens (including phenoxy) is 1. The Morgan fingerprint density at radius 2 is 1.55 bits per heavy atom. The number of carbonyl (C=O) groups excluding carboxylic acids is 2. The summed E-state index contributed by atoms with van der Waals surface area (Å²) in [6.45, 7) is 1.80. The van der Waals surface area contributed by atoms with Gasteiger partial charge in [0.1, 0.15) is 5.69 Å². The summed E-state index contributed by atoms with van der Waals surface area (Å²) in [5.74, 6) is -0.556. The van der Waals surface area contributed by atoms with Crippen molar-refractivity contribution in [3.63, 3.8) is 0 Å². The van der Waals surface area contributed by atoms with Crippen LogP contribution >= 0.6 is 0 Å². The molecule has 0 aliphatic heterocycles. The van der Waals surface area contributed by atoms with Gasteiger partial charge in [0.05, 0.1) is 12.3 Å². The van der Waals surface area contributed by atoms with Crippen LogP contribution in [-0.4, -0.2) is 23.4 Å². The van der Waals surface area contributed by atoms with Crippen LogP contribution in [0.25, 0.3) is 0 Å². The molecule has 3 aromatic rings. The number of amides is 1. The third-order valence-corrected chi connectivity index (χ3v) is 4.53. The molecule has 0 saturated heterocycles. The van der Waals surface area contributed by atoms with E-state index in [2.05, 4.69) is 5.32 Å². The summed E-state index contributed by atoms with van der Waals surface area (Å²) in [4.78, 5) is 42.1. The number of rotatable bonds is 8. The number of nitrogens with zero attached hydrogens (tertiary/aromatic N) is 1. The average Bonchev–Trinajstić information content (AvgIpc) is 2.79. The third kappa shape index (κ3) is 6.30. The summed E-state index contributed by atoms with van der Waals surface area (Å²) in [5, 5.41) is 2.43. The number of hydrogen-bond acceptors (Lipinski definition) is 5. The fraction of sp³-hybridized carbons (Fsp3) is 0.208. The van der Waals surface area contributed by atoms with Crippen LogP contribution in [0.4, 0.5) is 10.5 Å². The smallest absolute Gasteiger partial charge is 0.411 e. The molecule has 0 aliphatic carbocycles. The minimum Gasteiger partial charge on any atom is -0.449 e. The molecule has 2 aromatic carbocycles. The van der Waals surface area contributed by atoms with Crippen molar-refractivity contribution in [1.29, 1.82) is 0 Å². The van der Waals surface area contributed by atoms with Crippen LogP contribution in [0.3, 0.4) is 0 Å². The first-order valence-corrected chi connectivity index (χ1v) is 10.0. The van der Waals surface area contributed by atoms with Gasteiger partial charge < -0.3 is 9.57 Å². The minimum absolute atomic E-state index is 0.0366. The lowest BCUT2D eigenvalue weighted by Crippen LogP contribution is -2.35. The van der Waals surface area contributed by atoms with E-state index in [-0.39, 0.29) is 18.7 Å². The molecule has 0 fully saturated rings. The van der Waals surface area contributed by atoms with Gasteiger partial charge >= 0.3 is 17.6 Å². The number of nitrogens with one attached hydrogen (secondary N) is 1. The van der Waals surface area contributed by atoms with E-state index in [1.165, 1.54) is 6.07 Å². The van der Waals surface area contributed by atoms with Gasteiger partial charge in [-0.25, -0.2) is 9.59 Å². The van der Waals surface area contributed by atoms with Crippen LogP contribution in [0.2, 0.25) is 0 Å². The molecule has 7 heteroatoms. The Morgan fingerprint density at radius 3 is 2.19 bits per heavy atom. The largest absolute Gasteiger partial charge is 0.449 e. The molecule has 0 spiro atoms. The van der Waals surface area contributed by atoms with Crippen LogP contribution in [0.1, 0.15) is 30.2 Å². The molecule has 0 unspecified atom stereocenters. The lowest BCUT2D eigenvalue weighted by atomic mass is 10.1. The van der Waals surface area contributed by atoms with Gasteiger partial charge in [-0.15, -0.1) is 4.73 Å². The molecule has 0 radical (unpaired) electrons. The van der Waals surface area contributed by atoms with E-state index < -0.39 is 17.6 Å². The Balaban J connectivity index is 1.72. The number of aromatic nitrogens is 1. The molecule has 31 heavy (non-hydrogen) atoms. The highest BCUT2D eigenvalue weighted by Crippen LogP contribution is 2.11. The zero-order valence-electron chi connectivity index (χ0n) is 17.2. The molecule has 0 saturated carbocycles. The van der Waals surface area contributed by atoms with Crippen LogP contribution in [-0.2, 0) is 22.4 Å². The van der Waals surface area contributed by atoms with Gasteiger partial charge in [0.25, 0.3) is 0 Å². The molecule has 1 aromatic heterocycles. The van der Waals surface area contributed by atoms with Crippen molar-refractivity contribution in [3.05, 3.63) is 100.0 Å². The van der Waals surface area contributed by atoms with E-state index in [0.717, 1.165) is 15.9 Å². The Morgan fingerprint density at radius 1 is 0.903 bits per heavy atom. The van der Waals surface area contributed by atoms with Gasteiger partial charge in [-0.05, 0) is 23.3 Å². The van der Waals surface area contributed by atoms with Crippen molar-refractivity contribution in [2.75, 3.05) is 11.9 Å². The molecule has 3 rings (SSSR count). The first-order chi connectivity index (χ1) is 15.1. The van der Waals surface area contributed by atoms with E-state index in [1.807, 2.05) is 60.7 Å². The molecule has 1 heterocycles. The fourth-order valence-corrected chi connectivity index (χ4v) is 2.91. The summed E-state index contributed by atoms with van der Waals surface area (Å²) in [6.07, 6.45) is 0.297. The Hall–Kier alpha value is -3.87. The molecule has 7 nitrogen and oxygen atoms in total. The number of benzene rings is 2. The number of anilines is 1. The second kappa shape index (κ2) is 10.8. The molecule has 1 amide bonds. The maximum absolute atomic E-state index is 12.9. The highest BCUT2D eigenvalue weighted by Gasteiger charge is 2.15. The predicted octanol–water partition coefficient (Wildman–Crippen LogP) is 3.60. The zero-order chi connectivity index (χ0) is 22.1. The van der Waals surface area contributed by atoms with E-state index >= 15 is 0 Å². The van der Waals surface area contributed by atoms with E-state index in [1.54, 1.807) is 13.0 Å². The van der Waals surface area contributed by atoms with Crippen LogP contribution in [0.15, 0.2) is 77.6 Å². The first-order valence-electron chi connectivity index (χ1n) is 10.0. The van der Waals surface area contributed by atoms with Gasteiger partial charge in [0.15, 0.2) is 0 Å². The average molecular weight is 420 g/mol. The Kier molecular flexibility index (Phi) is 7.59. The lowest BCUT2D eigenvalue weighted by molar-refractivity contribution is -0.144. The normalized spacial score (nSPS) is 10.4. The quantitative estimate of drug-likeness (QED) is 0.602. The van der Waals surface area contributed by atoms with Crippen molar-refractivity contribution in [3.8, 4) is 0 Å². The number of pyridine rings is 1. The van der Waals surface area contributed by atoms with Gasteiger partial charge in [-0.2, -0.15) is 0 Å². The minimum atomic E-state index is -0.753. The summed E-state index contributed by atoms with van der Waals surface area (Å²) >= 11 is 0. The van der Waals surface area contributed by atoms with Crippen molar-refractivity contribution < 1.29 is 19.2 Å². The van der Waals surface area contributed by atoms with Gasteiger partial charge in [0.2, 0.25) is 0 Å². The fourth-order valence-electron chi connectivity index (χ4n) is 2.91. The van der Waals surface area contributed by atoms with Crippen LogP contribution < -0.4 is 15.7 Å². The standard InChI is InChI=1S/C24H24N2O5/c1-2-22(27)31-26-20(17-19-11-7-4-8-12-19)13-14-21(23(26)28)25-24(29)30-16-15-18-9-5-3-6-10-18/h3-14H,2,15-17H2,1H3,(H,25,29). The van der Waals surface area contributed by atoms with E-state index in [4.69, 9.17) is 9.57 Å². The first kappa shape index (κ1) is 21.8. The van der Waals surface area contributed by atoms with Crippen molar-refractivity contribution in [2.45, 2.75) is 26.2 Å². The molecule has 1 N–H and O–H groups in total. The highest BCUT2D eigenvalue weighted by molar-refractivity contribution is 5.84. The van der Waals surface area contributed by atoms with Gasteiger partial charge in [-0.3, -0.25) is 10.1 Å². The maximum atomic E-state index is 12.9. The molecule has 0 aliphatic rings. The van der Waals surface area contributed by atoms with Crippen molar-refractivity contribution in [1.82, 2.24) is 4.73 Å². The van der Waals surface area contributed by atoms with Gasteiger partial charge in [0, 0.05) is 19.3 Å². The molecule has 160 valence electrons. The third-order valence-electron chi connectivity index (χ3n) is 4.53. The summed E-state index contributed by atoms with van der Waals surface area (Å²) in [7, 11) is 0. The number of hydrogen-bond donors (Lipinski definition) is 1. The molecule has 0 bridgehead atoms. The monoisotopic (exact) mass is 420 g/mol. The van der Waals surface area contributed by atoms with E-state index in [0.29, 0.717) is 18.5 Å². The lowest BCUT2D eigenvalue weighted by Gasteiger charge is -2.14. The zero-order valence-corrected chi connectivity index (χ0v) is 17.2. The second-order valence-electron chi connectivity index (χ2n) is 6.81. The summed E-state index contributed by atoms with van der Waals surface area (Å²) in [5.41, 5.74) is 1.79. The van der Waals surface area contributed by atoms with Crippen LogP contribution in [0.5, 0.6) is 0 Å². The number of carbonyl (C=O) groups is 2. The van der Waals surface area contributed by atoms with Crippen molar-refractivity contribution >= 4 is 17.7 Å². The van der Waals surface area contributed by atoms with E-state index in [9.17, 15) is 14.4 Å². The highest BCUT2D eigenvalue weighted by atomic mass is 16.7. The summed E-state index contributed by atoms with van der Waals surface area (Å²) < 4.78 is 6.10. The topological polar surface area (TPSA) is 86.6 Å².